The van der Waals surface area contributed by atoms with E-state index in [4.69, 9.17) is 4.98 Å². The van der Waals surface area contributed by atoms with E-state index in [0.717, 1.165) is 18.9 Å². The molecule has 2 aromatic heterocycles. The summed E-state index contributed by atoms with van der Waals surface area (Å²) in [6.07, 6.45) is 6.23. The Balaban J connectivity index is 1.23. The van der Waals surface area contributed by atoms with Crippen molar-refractivity contribution in [2.75, 3.05) is 29.9 Å². The SMILES string of the molecule is CN(c1nc2c(s1)CCC2)C1CN(c2ccc(C3CC3)nn2)C1. The van der Waals surface area contributed by atoms with Crippen molar-refractivity contribution in [3.05, 3.63) is 28.4 Å². The molecule has 0 unspecified atom stereocenters. The molecule has 0 bridgehead atoms. The monoisotopic (exact) mass is 327 g/mol. The zero-order valence-corrected chi connectivity index (χ0v) is 14.2. The van der Waals surface area contributed by atoms with Gasteiger partial charge in [-0.05, 0) is 44.2 Å². The highest BCUT2D eigenvalue weighted by atomic mass is 32.1. The lowest BCUT2D eigenvalue weighted by Gasteiger charge is -2.44. The van der Waals surface area contributed by atoms with Crippen LogP contribution in [0.25, 0.3) is 0 Å². The minimum atomic E-state index is 0.534. The summed E-state index contributed by atoms with van der Waals surface area (Å²) in [5, 5.41) is 9.99. The predicted octanol–water partition coefficient (Wildman–Crippen LogP) is 2.62. The number of anilines is 2. The zero-order valence-electron chi connectivity index (χ0n) is 13.4. The number of nitrogens with zero attached hydrogens (tertiary/aromatic N) is 5. The van der Waals surface area contributed by atoms with E-state index in [1.807, 2.05) is 11.3 Å². The fraction of sp³-hybridized carbons (Fsp3) is 0.588. The molecule has 0 atom stereocenters. The van der Waals surface area contributed by atoms with Crippen molar-refractivity contribution in [3.63, 3.8) is 0 Å². The first kappa shape index (κ1) is 13.7. The normalized spacial score (nSPS) is 20.5. The molecule has 3 heterocycles. The van der Waals surface area contributed by atoms with Crippen molar-refractivity contribution < 1.29 is 0 Å². The van der Waals surface area contributed by atoms with Gasteiger partial charge in [0.1, 0.15) is 0 Å². The third-order valence-electron chi connectivity index (χ3n) is 5.29. The first-order valence-corrected chi connectivity index (χ1v) is 9.39. The Morgan fingerprint density at radius 1 is 1.17 bits per heavy atom. The van der Waals surface area contributed by atoms with Crippen LogP contribution in [0.15, 0.2) is 12.1 Å². The molecule has 0 radical (unpaired) electrons. The Morgan fingerprint density at radius 2 is 2.04 bits per heavy atom. The van der Waals surface area contributed by atoms with Gasteiger partial charge in [-0.1, -0.05) is 0 Å². The molecular weight excluding hydrogens is 306 g/mol. The zero-order chi connectivity index (χ0) is 15.4. The van der Waals surface area contributed by atoms with Crippen LogP contribution in [0.1, 0.15) is 41.4 Å². The van der Waals surface area contributed by atoms with Crippen molar-refractivity contribution in [3.8, 4) is 0 Å². The first-order valence-electron chi connectivity index (χ1n) is 8.58. The van der Waals surface area contributed by atoms with Crippen LogP contribution in [0.5, 0.6) is 0 Å². The molecule has 1 saturated heterocycles. The molecule has 0 amide bonds. The lowest BCUT2D eigenvalue weighted by atomic mass is 10.1. The number of thiazole rings is 1. The maximum absolute atomic E-state index is 4.83. The van der Waals surface area contributed by atoms with Gasteiger partial charge in [0.15, 0.2) is 10.9 Å². The minimum absolute atomic E-state index is 0.534. The van der Waals surface area contributed by atoms with Crippen LogP contribution in [0.2, 0.25) is 0 Å². The first-order chi connectivity index (χ1) is 11.3. The lowest BCUT2D eigenvalue weighted by molar-refractivity contribution is 0.489. The fourth-order valence-corrected chi connectivity index (χ4v) is 4.65. The molecule has 120 valence electrons. The molecule has 2 aromatic rings. The number of likely N-dealkylation sites (N-methyl/N-ethyl adjacent to an activating group) is 1. The predicted molar refractivity (Wildman–Crippen MR) is 92.6 cm³/mol. The van der Waals surface area contributed by atoms with Crippen LogP contribution in [-0.4, -0.2) is 41.4 Å². The van der Waals surface area contributed by atoms with Gasteiger partial charge < -0.3 is 9.80 Å². The van der Waals surface area contributed by atoms with Gasteiger partial charge in [-0.25, -0.2) is 4.98 Å². The number of fused-ring (bicyclic) bond motifs is 1. The number of aromatic nitrogens is 3. The molecule has 3 aliphatic rings. The Kier molecular flexibility index (Phi) is 3.08. The summed E-state index contributed by atoms with van der Waals surface area (Å²) in [6.45, 7) is 2.02. The van der Waals surface area contributed by atoms with Gasteiger partial charge in [-0.2, -0.15) is 5.10 Å². The molecule has 0 aromatic carbocycles. The molecule has 0 N–H and O–H groups in total. The van der Waals surface area contributed by atoms with Crippen LogP contribution in [0.4, 0.5) is 10.9 Å². The number of hydrogen-bond acceptors (Lipinski definition) is 6. The van der Waals surface area contributed by atoms with Crippen LogP contribution in [0.3, 0.4) is 0 Å². The van der Waals surface area contributed by atoms with Crippen molar-refractivity contribution in [2.45, 2.75) is 44.1 Å². The molecule has 6 heteroatoms. The number of aryl methyl sites for hydroxylation is 2. The minimum Gasteiger partial charge on any atom is -0.351 e. The van der Waals surface area contributed by atoms with E-state index in [0.29, 0.717) is 12.0 Å². The van der Waals surface area contributed by atoms with Gasteiger partial charge in [0.2, 0.25) is 0 Å². The largest absolute Gasteiger partial charge is 0.351 e. The average molecular weight is 327 g/mol. The van der Waals surface area contributed by atoms with Crippen LogP contribution in [-0.2, 0) is 12.8 Å². The lowest BCUT2D eigenvalue weighted by Crippen LogP contribution is -2.59. The summed E-state index contributed by atoms with van der Waals surface area (Å²) >= 11 is 1.89. The average Bonchev–Trinajstić information content (AvgIpc) is 3.14. The van der Waals surface area contributed by atoms with E-state index < -0.39 is 0 Å². The quantitative estimate of drug-likeness (QED) is 0.864. The standard InChI is InChI=1S/C17H21N5S/c1-21(17-18-14-3-2-4-15(14)23-17)12-9-22(10-12)16-8-7-13(19-20-16)11-5-6-11/h7-8,11-12H,2-6,9-10H2,1H3. The third kappa shape index (κ3) is 2.40. The van der Waals surface area contributed by atoms with E-state index in [-0.39, 0.29) is 0 Å². The van der Waals surface area contributed by atoms with Crippen LogP contribution in [0, 0.1) is 0 Å². The number of rotatable bonds is 4. The van der Waals surface area contributed by atoms with Gasteiger partial charge in [0, 0.05) is 30.9 Å². The molecule has 23 heavy (non-hydrogen) atoms. The van der Waals surface area contributed by atoms with Gasteiger partial charge in [0.05, 0.1) is 17.4 Å². The molecule has 0 spiro atoms. The van der Waals surface area contributed by atoms with Crippen molar-refractivity contribution in [2.24, 2.45) is 0 Å². The second kappa shape index (κ2) is 5.16. The Morgan fingerprint density at radius 3 is 2.74 bits per heavy atom. The summed E-state index contributed by atoms with van der Waals surface area (Å²) in [6, 6.07) is 4.82. The van der Waals surface area contributed by atoms with Crippen molar-refractivity contribution in [1.29, 1.82) is 0 Å². The van der Waals surface area contributed by atoms with Gasteiger partial charge in [-0.3, -0.25) is 0 Å². The molecular formula is C17H21N5S. The van der Waals surface area contributed by atoms with E-state index >= 15 is 0 Å². The highest BCUT2D eigenvalue weighted by Gasteiger charge is 2.33. The van der Waals surface area contributed by atoms with E-state index in [2.05, 4.69) is 39.2 Å². The maximum atomic E-state index is 4.83. The van der Waals surface area contributed by atoms with Crippen LogP contribution < -0.4 is 9.80 Å². The Bertz CT molecular complexity index is 694. The maximum Gasteiger partial charge on any atom is 0.185 e. The smallest absolute Gasteiger partial charge is 0.185 e. The van der Waals surface area contributed by atoms with E-state index in [9.17, 15) is 0 Å². The Hall–Kier alpha value is -1.69. The second-order valence-electron chi connectivity index (χ2n) is 6.98. The molecule has 1 saturated carbocycles. The summed E-state index contributed by atoms with van der Waals surface area (Å²) in [5.74, 6) is 1.69. The van der Waals surface area contributed by atoms with Gasteiger partial charge in [-0.15, -0.1) is 16.4 Å². The fourth-order valence-electron chi connectivity index (χ4n) is 3.47. The summed E-state index contributed by atoms with van der Waals surface area (Å²) < 4.78 is 0. The van der Waals surface area contributed by atoms with E-state index in [1.165, 1.54) is 53.5 Å². The summed E-state index contributed by atoms with van der Waals surface area (Å²) in [7, 11) is 2.18. The molecule has 2 fully saturated rings. The van der Waals surface area contributed by atoms with Crippen molar-refractivity contribution >= 4 is 22.3 Å². The topological polar surface area (TPSA) is 45.2 Å². The van der Waals surface area contributed by atoms with Crippen LogP contribution >= 0.6 is 11.3 Å². The molecule has 2 aliphatic carbocycles. The highest BCUT2D eigenvalue weighted by molar-refractivity contribution is 7.15. The molecule has 5 rings (SSSR count). The summed E-state index contributed by atoms with van der Waals surface area (Å²) in [4.78, 5) is 11.0. The van der Waals surface area contributed by atoms with Gasteiger partial charge in [0.25, 0.3) is 0 Å². The molecule has 1 aliphatic heterocycles. The second-order valence-corrected chi connectivity index (χ2v) is 8.04. The Labute approximate surface area is 140 Å². The third-order valence-corrected chi connectivity index (χ3v) is 6.53. The molecule has 5 nitrogen and oxygen atoms in total. The van der Waals surface area contributed by atoms with Crippen molar-refractivity contribution in [1.82, 2.24) is 15.2 Å². The summed E-state index contributed by atoms with van der Waals surface area (Å²) in [5.41, 5.74) is 2.51. The number of hydrogen-bond donors (Lipinski definition) is 0. The van der Waals surface area contributed by atoms with E-state index in [1.54, 1.807) is 0 Å². The van der Waals surface area contributed by atoms with Gasteiger partial charge >= 0.3 is 0 Å². The highest BCUT2D eigenvalue weighted by Crippen LogP contribution is 2.39.